The van der Waals surface area contributed by atoms with Crippen LogP contribution >= 0.6 is 0 Å². The Morgan fingerprint density at radius 1 is 1.20 bits per heavy atom. The molecule has 7 heteroatoms. The summed E-state index contributed by atoms with van der Waals surface area (Å²) in [6.07, 6.45) is 4.97. The average Bonchev–Trinajstić information content (AvgIpc) is 2.92. The van der Waals surface area contributed by atoms with E-state index in [9.17, 15) is 10.1 Å². The normalized spacial score (nSPS) is 17.7. The molecule has 1 aromatic carbocycles. The third-order valence-electron chi connectivity index (χ3n) is 3.41. The molecule has 106 valence electrons. The molecule has 1 aromatic rings. The maximum absolute atomic E-state index is 11.1. The lowest BCUT2D eigenvalue weighted by molar-refractivity contribution is -0.385. The lowest BCUT2D eigenvalue weighted by atomic mass is 10.1. The predicted molar refractivity (Wildman–Crippen MR) is 72.2 cm³/mol. The summed E-state index contributed by atoms with van der Waals surface area (Å²) in [5, 5.41) is 17.4. The zero-order chi connectivity index (χ0) is 13.9. The van der Waals surface area contributed by atoms with Crippen LogP contribution in [0.4, 0.5) is 5.69 Å². The van der Waals surface area contributed by atoms with Crippen molar-refractivity contribution in [2.45, 2.75) is 19.3 Å². The Bertz CT molecular complexity index is 553. The highest BCUT2D eigenvalue weighted by Crippen LogP contribution is 2.37. The van der Waals surface area contributed by atoms with Crippen LogP contribution in [0.25, 0.3) is 0 Å². The second-order valence-electron chi connectivity index (χ2n) is 4.78. The van der Waals surface area contributed by atoms with Gasteiger partial charge in [-0.25, -0.2) is 0 Å². The van der Waals surface area contributed by atoms with Gasteiger partial charge in [0.15, 0.2) is 11.5 Å². The third-order valence-corrected chi connectivity index (χ3v) is 3.41. The molecule has 0 amide bonds. The number of benzene rings is 1. The minimum atomic E-state index is -0.431. The van der Waals surface area contributed by atoms with Gasteiger partial charge in [0.1, 0.15) is 0 Å². The lowest BCUT2D eigenvalue weighted by Gasteiger charge is -2.23. The fourth-order valence-corrected chi connectivity index (χ4v) is 2.35. The number of ether oxygens (including phenoxy) is 2. The van der Waals surface area contributed by atoms with E-state index in [4.69, 9.17) is 9.47 Å². The van der Waals surface area contributed by atoms with E-state index in [1.165, 1.54) is 18.7 Å². The van der Waals surface area contributed by atoms with Crippen LogP contribution in [0.3, 0.4) is 0 Å². The first-order valence-corrected chi connectivity index (χ1v) is 6.61. The Labute approximate surface area is 115 Å². The summed E-state index contributed by atoms with van der Waals surface area (Å²) < 4.78 is 10.4. The van der Waals surface area contributed by atoms with Gasteiger partial charge in [0.25, 0.3) is 5.69 Å². The van der Waals surface area contributed by atoms with Gasteiger partial charge in [-0.05, 0) is 25.3 Å². The molecule has 1 fully saturated rings. The number of nitro groups is 1. The molecule has 0 spiro atoms. The maximum atomic E-state index is 11.1. The minimum Gasteiger partial charge on any atom is -0.454 e. The van der Waals surface area contributed by atoms with Gasteiger partial charge in [0.2, 0.25) is 6.79 Å². The zero-order valence-electron chi connectivity index (χ0n) is 10.9. The molecule has 0 saturated carbocycles. The van der Waals surface area contributed by atoms with E-state index >= 15 is 0 Å². The molecule has 0 radical (unpaired) electrons. The van der Waals surface area contributed by atoms with Gasteiger partial charge in [0, 0.05) is 13.1 Å². The van der Waals surface area contributed by atoms with Crippen LogP contribution in [-0.4, -0.2) is 36.0 Å². The average molecular weight is 277 g/mol. The van der Waals surface area contributed by atoms with E-state index in [0.29, 0.717) is 17.1 Å². The van der Waals surface area contributed by atoms with Gasteiger partial charge in [-0.2, -0.15) is 5.10 Å². The summed E-state index contributed by atoms with van der Waals surface area (Å²) >= 11 is 0. The molecule has 0 aliphatic carbocycles. The van der Waals surface area contributed by atoms with Crippen molar-refractivity contribution in [2.24, 2.45) is 5.10 Å². The van der Waals surface area contributed by atoms with E-state index in [1.54, 1.807) is 6.07 Å². The van der Waals surface area contributed by atoms with Crippen molar-refractivity contribution in [3.63, 3.8) is 0 Å². The summed E-state index contributed by atoms with van der Waals surface area (Å²) in [6.45, 7) is 1.89. The number of hydrazone groups is 1. The van der Waals surface area contributed by atoms with Crippen molar-refractivity contribution < 1.29 is 14.4 Å². The van der Waals surface area contributed by atoms with Crippen molar-refractivity contribution in [1.29, 1.82) is 0 Å². The molecule has 20 heavy (non-hydrogen) atoms. The van der Waals surface area contributed by atoms with Crippen molar-refractivity contribution >= 4 is 11.9 Å². The van der Waals surface area contributed by atoms with Gasteiger partial charge in [-0.1, -0.05) is 0 Å². The number of fused-ring (bicyclic) bond motifs is 1. The maximum Gasteiger partial charge on any atom is 0.282 e. The van der Waals surface area contributed by atoms with E-state index < -0.39 is 4.92 Å². The largest absolute Gasteiger partial charge is 0.454 e. The quantitative estimate of drug-likeness (QED) is 0.480. The predicted octanol–water partition coefficient (Wildman–Crippen LogP) is 2.14. The number of hydrogen-bond donors (Lipinski definition) is 0. The summed E-state index contributed by atoms with van der Waals surface area (Å²) in [5.74, 6) is 0.933. The zero-order valence-corrected chi connectivity index (χ0v) is 10.9. The standard InChI is InChI=1S/C13H15N3O4/c17-16(18)11-7-13-12(19-9-20-13)6-10(11)8-14-15-4-2-1-3-5-15/h6-8H,1-5,9H2/b14-8-. The third kappa shape index (κ3) is 2.52. The molecule has 0 bridgehead atoms. The van der Waals surface area contributed by atoms with E-state index in [2.05, 4.69) is 5.10 Å². The number of piperidine rings is 1. The number of nitro benzene ring substituents is 1. The fraction of sp³-hybridized carbons (Fsp3) is 0.462. The van der Waals surface area contributed by atoms with Crippen LogP contribution in [0.15, 0.2) is 17.2 Å². The Hall–Kier alpha value is -2.31. The molecule has 0 aromatic heterocycles. The Kier molecular flexibility index (Phi) is 3.41. The lowest BCUT2D eigenvalue weighted by Crippen LogP contribution is -2.24. The highest BCUT2D eigenvalue weighted by Gasteiger charge is 2.22. The van der Waals surface area contributed by atoms with Crippen LogP contribution < -0.4 is 9.47 Å². The Morgan fingerprint density at radius 2 is 1.90 bits per heavy atom. The summed E-state index contributed by atoms with van der Waals surface area (Å²) in [4.78, 5) is 10.7. The number of rotatable bonds is 3. The van der Waals surface area contributed by atoms with Crippen LogP contribution in [-0.2, 0) is 0 Å². The Balaban J connectivity index is 1.87. The van der Waals surface area contributed by atoms with E-state index in [-0.39, 0.29) is 12.5 Å². The molecule has 2 aliphatic heterocycles. The van der Waals surface area contributed by atoms with Gasteiger partial charge in [0.05, 0.1) is 22.8 Å². The molecule has 1 saturated heterocycles. The molecule has 0 unspecified atom stereocenters. The first kappa shape index (κ1) is 12.7. The van der Waals surface area contributed by atoms with Gasteiger partial charge in [-0.3, -0.25) is 15.1 Å². The molecular weight excluding hydrogens is 262 g/mol. The molecule has 2 heterocycles. The Morgan fingerprint density at radius 3 is 2.60 bits per heavy atom. The minimum absolute atomic E-state index is 0.0185. The monoisotopic (exact) mass is 277 g/mol. The first-order chi connectivity index (χ1) is 9.74. The number of nitrogens with zero attached hydrogens (tertiary/aromatic N) is 3. The van der Waals surface area contributed by atoms with E-state index in [0.717, 1.165) is 25.9 Å². The van der Waals surface area contributed by atoms with Crippen molar-refractivity contribution in [3.8, 4) is 11.5 Å². The van der Waals surface area contributed by atoms with E-state index in [1.807, 2.05) is 5.01 Å². The summed E-state index contributed by atoms with van der Waals surface area (Å²) in [5.41, 5.74) is 0.417. The first-order valence-electron chi connectivity index (χ1n) is 6.61. The molecule has 0 N–H and O–H groups in total. The second-order valence-corrected chi connectivity index (χ2v) is 4.78. The van der Waals surface area contributed by atoms with Crippen molar-refractivity contribution in [3.05, 3.63) is 27.8 Å². The topological polar surface area (TPSA) is 77.2 Å². The molecule has 0 atom stereocenters. The smallest absolute Gasteiger partial charge is 0.282 e. The molecule has 3 rings (SSSR count). The molecule has 2 aliphatic rings. The van der Waals surface area contributed by atoms with Crippen molar-refractivity contribution in [1.82, 2.24) is 5.01 Å². The fourth-order valence-electron chi connectivity index (χ4n) is 2.35. The van der Waals surface area contributed by atoms with Gasteiger partial charge >= 0.3 is 0 Å². The summed E-state index contributed by atoms with van der Waals surface area (Å²) in [7, 11) is 0. The van der Waals surface area contributed by atoms with Crippen LogP contribution in [0.5, 0.6) is 11.5 Å². The van der Waals surface area contributed by atoms with Crippen molar-refractivity contribution in [2.75, 3.05) is 19.9 Å². The molecular formula is C13H15N3O4. The van der Waals surface area contributed by atoms with Gasteiger partial charge < -0.3 is 9.47 Å². The molecule has 7 nitrogen and oxygen atoms in total. The number of hydrogen-bond acceptors (Lipinski definition) is 6. The summed E-state index contributed by atoms with van der Waals surface area (Å²) in [6, 6.07) is 2.99. The SMILES string of the molecule is O=[N+]([O-])c1cc2c(cc1/C=N\N1CCCCC1)OCO2. The highest BCUT2D eigenvalue weighted by molar-refractivity contribution is 5.87. The van der Waals surface area contributed by atoms with Crippen LogP contribution in [0.2, 0.25) is 0 Å². The second kappa shape index (κ2) is 5.36. The van der Waals surface area contributed by atoms with Gasteiger partial charge in [-0.15, -0.1) is 0 Å². The highest BCUT2D eigenvalue weighted by atomic mass is 16.7. The van der Waals surface area contributed by atoms with Crippen LogP contribution in [0, 0.1) is 10.1 Å². The van der Waals surface area contributed by atoms with Crippen LogP contribution in [0.1, 0.15) is 24.8 Å².